The van der Waals surface area contributed by atoms with E-state index in [0.29, 0.717) is 37.7 Å². The normalized spacial score (nSPS) is 17.4. The summed E-state index contributed by atoms with van der Waals surface area (Å²) in [7, 11) is 0. The largest absolute Gasteiger partial charge is 0.486 e. The Balaban J connectivity index is 1.47. The van der Waals surface area contributed by atoms with Crippen molar-refractivity contribution in [2.24, 2.45) is 0 Å². The monoisotopic (exact) mass is 373 g/mol. The van der Waals surface area contributed by atoms with Crippen LogP contribution in [0.15, 0.2) is 36.4 Å². The first-order valence-corrected chi connectivity index (χ1v) is 9.14. The lowest BCUT2D eigenvalue weighted by Crippen LogP contribution is -2.40. The average Bonchev–Trinajstić information content (AvgIpc) is 3.08. The number of nitrogens with zero attached hydrogens (tertiary/aromatic N) is 1. The molecule has 2 heterocycles. The number of carbonyl (C=O) groups is 1. The summed E-state index contributed by atoms with van der Waals surface area (Å²) in [5.74, 6) is 2.20. The smallest absolute Gasteiger partial charge is 0.264 e. The minimum absolute atomic E-state index is 0.0188. The van der Waals surface area contributed by atoms with Crippen molar-refractivity contribution in [3.05, 3.63) is 52.5 Å². The molecule has 4 rings (SSSR count). The first-order valence-electron chi connectivity index (χ1n) is 8.76. The molecule has 2 aromatic rings. The summed E-state index contributed by atoms with van der Waals surface area (Å²) in [6, 6.07) is 11.3. The molecular formula is C20H20ClNO4. The van der Waals surface area contributed by atoms with Crippen molar-refractivity contribution in [3.63, 3.8) is 0 Å². The number of fused-ring (bicyclic) bond motifs is 2. The lowest BCUT2D eigenvalue weighted by Gasteiger charge is -2.25. The van der Waals surface area contributed by atoms with Gasteiger partial charge in [-0.1, -0.05) is 17.7 Å². The van der Waals surface area contributed by atoms with E-state index in [1.54, 1.807) is 11.0 Å². The molecular weight excluding hydrogens is 354 g/mol. The van der Waals surface area contributed by atoms with E-state index in [0.717, 1.165) is 28.4 Å². The van der Waals surface area contributed by atoms with Gasteiger partial charge in [-0.2, -0.15) is 0 Å². The van der Waals surface area contributed by atoms with E-state index in [1.807, 2.05) is 37.3 Å². The predicted molar refractivity (Wildman–Crippen MR) is 98.1 cm³/mol. The van der Waals surface area contributed by atoms with Crippen LogP contribution in [0.3, 0.4) is 0 Å². The van der Waals surface area contributed by atoms with Gasteiger partial charge in [-0.05, 0) is 48.4 Å². The second-order valence-corrected chi connectivity index (χ2v) is 6.83. The van der Waals surface area contributed by atoms with Crippen LogP contribution in [0.2, 0.25) is 5.02 Å². The van der Waals surface area contributed by atoms with Crippen molar-refractivity contribution in [3.8, 4) is 17.2 Å². The van der Waals surface area contributed by atoms with Crippen LogP contribution in [0.5, 0.6) is 17.2 Å². The van der Waals surface area contributed by atoms with Crippen LogP contribution in [-0.4, -0.2) is 36.7 Å². The number of likely N-dealkylation sites (N-methyl/N-ethyl adjacent to an activating group) is 1. The molecule has 26 heavy (non-hydrogen) atoms. The lowest BCUT2D eigenvalue weighted by atomic mass is 10.1. The quantitative estimate of drug-likeness (QED) is 0.823. The standard InChI is InChI=1S/C20H20ClNO4/c1-2-22(12-13-3-5-17-18(9-13)25-8-7-24-17)20(23)19-11-14-10-15(21)4-6-16(14)26-19/h3-6,9-10,19H,2,7-8,11-12H2,1H3/t19-/m0/s1. The van der Waals surface area contributed by atoms with Crippen molar-refractivity contribution in [1.82, 2.24) is 4.90 Å². The predicted octanol–water partition coefficient (Wildman–Crippen LogP) is 3.46. The summed E-state index contributed by atoms with van der Waals surface area (Å²) in [5, 5.41) is 0.657. The second kappa shape index (κ2) is 7.08. The number of benzene rings is 2. The Morgan fingerprint density at radius 2 is 1.88 bits per heavy atom. The first-order chi connectivity index (χ1) is 12.6. The number of ether oxygens (including phenoxy) is 3. The van der Waals surface area contributed by atoms with Gasteiger partial charge in [0.25, 0.3) is 5.91 Å². The molecule has 0 unspecified atom stereocenters. The summed E-state index contributed by atoms with van der Waals surface area (Å²) in [4.78, 5) is 14.7. The highest BCUT2D eigenvalue weighted by molar-refractivity contribution is 6.30. The fourth-order valence-electron chi connectivity index (χ4n) is 3.31. The zero-order valence-electron chi connectivity index (χ0n) is 14.5. The van der Waals surface area contributed by atoms with Crippen LogP contribution in [0.1, 0.15) is 18.1 Å². The van der Waals surface area contributed by atoms with Crippen LogP contribution >= 0.6 is 11.6 Å². The van der Waals surface area contributed by atoms with Gasteiger partial charge in [0.15, 0.2) is 17.6 Å². The fourth-order valence-corrected chi connectivity index (χ4v) is 3.51. The maximum atomic E-state index is 12.9. The van der Waals surface area contributed by atoms with Crippen molar-refractivity contribution in [1.29, 1.82) is 0 Å². The van der Waals surface area contributed by atoms with Gasteiger partial charge >= 0.3 is 0 Å². The molecule has 0 radical (unpaired) electrons. The van der Waals surface area contributed by atoms with Crippen molar-refractivity contribution in [2.75, 3.05) is 19.8 Å². The summed E-state index contributed by atoms with van der Waals surface area (Å²) in [5.41, 5.74) is 1.98. The van der Waals surface area contributed by atoms with Crippen LogP contribution in [-0.2, 0) is 17.8 Å². The Morgan fingerprint density at radius 1 is 1.12 bits per heavy atom. The van der Waals surface area contributed by atoms with Gasteiger partial charge in [-0.15, -0.1) is 0 Å². The number of amides is 1. The summed E-state index contributed by atoms with van der Waals surface area (Å²) in [6.07, 6.45) is 0.0486. The van der Waals surface area contributed by atoms with Crippen LogP contribution < -0.4 is 14.2 Å². The van der Waals surface area contributed by atoms with Gasteiger partial charge in [-0.25, -0.2) is 0 Å². The maximum absolute atomic E-state index is 12.9. The molecule has 2 aliphatic rings. The molecule has 1 atom stereocenters. The van der Waals surface area contributed by atoms with E-state index < -0.39 is 6.10 Å². The summed E-state index contributed by atoms with van der Waals surface area (Å²) >= 11 is 6.03. The Hall–Kier alpha value is -2.40. The van der Waals surface area contributed by atoms with E-state index in [9.17, 15) is 4.79 Å². The van der Waals surface area contributed by atoms with E-state index in [2.05, 4.69) is 0 Å². The van der Waals surface area contributed by atoms with E-state index in [-0.39, 0.29) is 5.91 Å². The van der Waals surface area contributed by atoms with Gasteiger partial charge < -0.3 is 19.1 Å². The third kappa shape index (κ3) is 3.31. The zero-order valence-corrected chi connectivity index (χ0v) is 15.3. The number of carbonyl (C=O) groups excluding carboxylic acids is 1. The van der Waals surface area contributed by atoms with Crippen LogP contribution in [0, 0.1) is 0 Å². The molecule has 136 valence electrons. The number of halogens is 1. The van der Waals surface area contributed by atoms with Crippen molar-refractivity contribution in [2.45, 2.75) is 26.0 Å². The molecule has 0 bridgehead atoms. The Morgan fingerprint density at radius 3 is 2.69 bits per heavy atom. The Labute approximate surface area is 157 Å². The summed E-state index contributed by atoms with van der Waals surface area (Å²) in [6.45, 7) is 4.18. The molecule has 0 saturated heterocycles. The molecule has 0 saturated carbocycles. The van der Waals surface area contributed by atoms with Gasteiger partial charge in [-0.3, -0.25) is 4.79 Å². The number of rotatable bonds is 4. The third-order valence-corrected chi connectivity index (χ3v) is 4.88. The molecule has 0 aromatic heterocycles. The fraction of sp³-hybridized carbons (Fsp3) is 0.350. The number of hydrogen-bond donors (Lipinski definition) is 0. The Bertz CT molecular complexity index is 839. The number of hydrogen-bond acceptors (Lipinski definition) is 4. The molecule has 0 aliphatic carbocycles. The molecule has 2 aliphatic heterocycles. The molecule has 0 fully saturated rings. The molecule has 5 nitrogen and oxygen atoms in total. The second-order valence-electron chi connectivity index (χ2n) is 6.39. The van der Waals surface area contributed by atoms with Gasteiger partial charge in [0, 0.05) is 24.5 Å². The van der Waals surface area contributed by atoms with Crippen molar-refractivity contribution >= 4 is 17.5 Å². The van der Waals surface area contributed by atoms with Gasteiger partial charge in [0.2, 0.25) is 0 Å². The molecule has 0 spiro atoms. The highest BCUT2D eigenvalue weighted by Crippen LogP contribution is 2.33. The molecule has 1 amide bonds. The molecule has 2 aromatic carbocycles. The first kappa shape index (κ1) is 17.0. The topological polar surface area (TPSA) is 48.0 Å². The Kier molecular flexibility index (Phi) is 4.64. The van der Waals surface area contributed by atoms with E-state index in [1.165, 1.54) is 0 Å². The SMILES string of the molecule is CCN(Cc1ccc2c(c1)OCCO2)C(=O)[C@@H]1Cc2cc(Cl)ccc2O1. The van der Waals surface area contributed by atoms with Crippen LogP contribution in [0.4, 0.5) is 0 Å². The highest BCUT2D eigenvalue weighted by Gasteiger charge is 2.32. The van der Waals surface area contributed by atoms with E-state index in [4.69, 9.17) is 25.8 Å². The highest BCUT2D eigenvalue weighted by atomic mass is 35.5. The van der Waals surface area contributed by atoms with Crippen LogP contribution in [0.25, 0.3) is 0 Å². The van der Waals surface area contributed by atoms with Gasteiger partial charge in [0.05, 0.1) is 0 Å². The maximum Gasteiger partial charge on any atom is 0.264 e. The minimum atomic E-state index is -0.499. The molecule has 6 heteroatoms. The van der Waals surface area contributed by atoms with E-state index >= 15 is 0 Å². The minimum Gasteiger partial charge on any atom is -0.486 e. The molecule has 0 N–H and O–H groups in total. The summed E-state index contributed by atoms with van der Waals surface area (Å²) < 4.78 is 17.0. The lowest BCUT2D eigenvalue weighted by molar-refractivity contribution is -0.138. The zero-order chi connectivity index (χ0) is 18.1. The van der Waals surface area contributed by atoms with Gasteiger partial charge in [0.1, 0.15) is 19.0 Å². The van der Waals surface area contributed by atoms with Crippen molar-refractivity contribution < 1.29 is 19.0 Å². The third-order valence-electron chi connectivity index (χ3n) is 4.65. The average molecular weight is 374 g/mol.